The Hall–Kier alpha value is -1.44. The van der Waals surface area contributed by atoms with Crippen molar-refractivity contribution >= 4 is 28.6 Å². The first-order valence-corrected chi connectivity index (χ1v) is 5.76. The molecule has 0 atom stereocenters. The number of rotatable bonds is 3. The zero-order valence-electron chi connectivity index (χ0n) is 8.48. The van der Waals surface area contributed by atoms with Crippen molar-refractivity contribution < 1.29 is 18.8 Å². The third-order valence-electron chi connectivity index (χ3n) is 2.25. The second-order valence-corrected chi connectivity index (χ2v) is 4.64. The number of hydrogen-bond donors (Lipinski definition) is 1. The summed E-state index contributed by atoms with van der Waals surface area (Å²) in [4.78, 5) is 10.8. The number of aromatic nitrogens is 1. The number of carboxylic acid groups (broad SMARTS) is 1. The number of halogens is 2. The third kappa shape index (κ3) is 2.63. The lowest BCUT2D eigenvalue weighted by atomic mass is 10.1. The van der Waals surface area contributed by atoms with Crippen LogP contribution in [-0.2, 0) is 6.42 Å². The van der Waals surface area contributed by atoms with Crippen molar-refractivity contribution in [2.45, 2.75) is 6.42 Å². The maximum atomic E-state index is 13.6. The van der Waals surface area contributed by atoms with Gasteiger partial charge in [-0.2, -0.15) is 0 Å². The Balaban J connectivity index is 2.31. The van der Waals surface area contributed by atoms with Gasteiger partial charge in [0, 0.05) is 9.99 Å². The van der Waals surface area contributed by atoms with E-state index in [0.29, 0.717) is 5.56 Å². The van der Waals surface area contributed by atoms with E-state index in [4.69, 9.17) is 5.11 Å². The molecule has 2 aromatic rings. The van der Waals surface area contributed by atoms with Gasteiger partial charge in [-0.1, -0.05) is 11.2 Å². The van der Waals surface area contributed by atoms with Crippen LogP contribution in [0.15, 0.2) is 29.0 Å². The monoisotopic (exact) mass is 347 g/mol. The van der Waals surface area contributed by atoms with Gasteiger partial charge >= 0.3 is 5.97 Å². The minimum Gasteiger partial charge on any atom is -0.478 e. The lowest BCUT2D eigenvalue weighted by Gasteiger charge is -2.01. The van der Waals surface area contributed by atoms with E-state index in [-0.39, 0.29) is 23.5 Å². The van der Waals surface area contributed by atoms with E-state index in [2.05, 4.69) is 9.68 Å². The molecular weight excluding hydrogens is 340 g/mol. The summed E-state index contributed by atoms with van der Waals surface area (Å²) in [5.41, 5.74) is 0.572. The van der Waals surface area contributed by atoms with E-state index in [9.17, 15) is 9.18 Å². The fourth-order valence-electron chi connectivity index (χ4n) is 1.41. The number of carbonyl (C=O) groups is 1. The van der Waals surface area contributed by atoms with Crippen molar-refractivity contribution in [1.29, 1.82) is 0 Å². The van der Waals surface area contributed by atoms with E-state index in [0.717, 1.165) is 9.83 Å². The molecule has 17 heavy (non-hydrogen) atoms. The molecule has 0 unspecified atom stereocenters. The van der Waals surface area contributed by atoms with Gasteiger partial charge in [0.1, 0.15) is 23.3 Å². The second kappa shape index (κ2) is 4.82. The summed E-state index contributed by atoms with van der Waals surface area (Å²) in [7, 11) is 0. The average molecular weight is 347 g/mol. The Bertz CT molecular complexity index is 568. The van der Waals surface area contributed by atoms with Crippen LogP contribution in [0.25, 0.3) is 0 Å². The van der Waals surface area contributed by atoms with Gasteiger partial charge in [0.15, 0.2) is 0 Å². The largest absolute Gasteiger partial charge is 0.478 e. The summed E-state index contributed by atoms with van der Waals surface area (Å²) in [6.07, 6.45) is 1.14. The highest BCUT2D eigenvalue weighted by atomic mass is 127. The number of carboxylic acids is 1. The number of benzene rings is 1. The highest BCUT2D eigenvalue weighted by Crippen LogP contribution is 2.17. The van der Waals surface area contributed by atoms with Crippen LogP contribution in [0.2, 0.25) is 0 Å². The van der Waals surface area contributed by atoms with Crippen LogP contribution in [0.5, 0.6) is 0 Å². The highest BCUT2D eigenvalue weighted by molar-refractivity contribution is 14.1. The SMILES string of the molecule is O=C(O)c1conc1Cc1ccc(I)cc1F. The Kier molecular flexibility index (Phi) is 3.41. The van der Waals surface area contributed by atoms with Gasteiger partial charge in [-0.15, -0.1) is 0 Å². The van der Waals surface area contributed by atoms with Crippen LogP contribution < -0.4 is 0 Å². The smallest absolute Gasteiger partial charge is 0.340 e. The van der Waals surface area contributed by atoms with Crippen LogP contribution in [-0.4, -0.2) is 16.2 Å². The van der Waals surface area contributed by atoms with Crippen molar-refractivity contribution in [1.82, 2.24) is 5.16 Å². The molecule has 0 bridgehead atoms. The van der Waals surface area contributed by atoms with Gasteiger partial charge in [-0.05, 0) is 40.3 Å². The van der Waals surface area contributed by atoms with Crippen LogP contribution in [0.4, 0.5) is 4.39 Å². The molecule has 88 valence electrons. The zero-order valence-corrected chi connectivity index (χ0v) is 10.6. The van der Waals surface area contributed by atoms with Crippen LogP contribution in [0.3, 0.4) is 0 Å². The molecule has 1 heterocycles. The highest BCUT2D eigenvalue weighted by Gasteiger charge is 2.16. The summed E-state index contributed by atoms with van der Waals surface area (Å²) >= 11 is 2.00. The molecule has 0 aliphatic carbocycles. The van der Waals surface area contributed by atoms with Crippen molar-refractivity contribution in [3.8, 4) is 0 Å². The van der Waals surface area contributed by atoms with Gasteiger partial charge in [0.05, 0.1) is 0 Å². The van der Waals surface area contributed by atoms with Gasteiger partial charge in [-0.25, -0.2) is 9.18 Å². The topological polar surface area (TPSA) is 63.3 Å². The molecule has 2 rings (SSSR count). The quantitative estimate of drug-likeness (QED) is 0.868. The first-order valence-electron chi connectivity index (χ1n) is 4.68. The predicted octanol–water partition coefficient (Wildman–Crippen LogP) is 2.71. The molecule has 1 N–H and O–H groups in total. The molecule has 6 heteroatoms. The van der Waals surface area contributed by atoms with E-state index in [1.54, 1.807) is 12.1 Å². The molecule has 0 spiro atoms. The van der Waals surface area contributed by atoms with Gasteiger partial charge in [0.25, 0.3) is 0 Å². The molecule has 1 aromatic heterocycles. The Morgan fingerprint density at radius 2 is 2.29 bits per heavy atom. The minimum absolute atomic E-state index is 0.0389. The fourth-order valence-corrected chi connectivity index (χ4v) is 1.86. The fraction of sp³-hybridized carbons (Fsp3) is 0.0909. The minimum atomic E-state index is -1.13. The Labute approximate surface area is 110 Å². The lowest BCUT2D eigenvalue weighted by molar-refractivity contribution is 0.0695. The van der Waals surface area contributed by atoms with E-state index < -0.39 is 5.97 Å². The van der Waals surface area contributed by atoms with Gasteiger partial charge in [-0.3, -0.25) is 0 Å². The van der Waals surface area contributed by atoms with Crippen molar-refractivity contribution in [3.05, 3.63) is 50.7 Å². The first kappa shape index (κ1) is 12.0. The summed E-state index contributed by atoms with van der Waals surface area (Å²) in [5.74, 6) is -1.51. The Morgan fingerprint density at radius 3 is 2.94 bits per heavy atom. The molecule has 1 aromatic carbocycles. The average Bonchev–Trinajstić information content (AvgIpc) is 2.70. The normalized spacial score (nSPS) is 10.5. The Morgan fingerprint density at radius 1 is 1.53 bits per heavy atom. The summed E-state index contributed by atoms with van der Waals surface area (Å²) in [6, 6.07) is 4.74. The summed E-state index contributed by atoms with van der Waals surface area (Å²) < 4.78 is 18.9. The lowest BCUT2D eigenvalue weighted by Crippen LogP contribution is -2.02. The second-order valence-electron chi connectivity index (χ2n) is 3.39. The van der Waals surface area contributed by atoms with E-state index in [1.165, 1.54) is 6.07 Å². The maximum Gasteiger partial charge on any atom is 0.340 e. The molecule has 0 aliphatic heterocycles. The van der Waals surface area contributed by atoms with E-state index >= 15 is 0 Å². The van der Waals surface area contributed by atoms with Crippen LogP contribution >= 0.6 is 22.6 Å². The van der Waals surface area contributed by atoms with Crippen LogP contribution in [0.1, 0.15) is 21.6 Å². The molecule has 0 saturated carbocycles. The molecule has 0 amide bonds. The standard InChI is InChI=1S/C11H7FINO3/c12-9-4-7(13)2-1-6(9)3-10-8(11(15)16)5-17-14-10/h1-2,4-5H,3H2,(H,15,16). The number of nitrogens with zero attached hydrogens (tertiary/aromatic N) is 1. The van der Waals surface area contributed by atoms with Crippen molar-refractivity contribution in [3.63, 3.8) is 0 Å². The molecule has 0 aliphatic rings. The number of hydrogen-bond acceptors (Lipinski definition) is 3. The van der Waals surface area contributed by atoms with E-state index in [1.807, 2.05) is 22.6 Å². The maximum absolute atomic E-state index is 13.6. The van der Waals surface area contributed by atoms with Gasteiger partial charge in [0.2, 0.25) is 0 Å². The molecular formula is C11H7FINO3. The van der Waals surface area contributed by atoms with Crippen LogP contribution in [0, 0.1) is 9.39 Å². The first-order chi connectivity index (χ1) is 8.08. The zero-order chi connectivity index (χ0) is 12.4. The van der Waals surface area contributed by atoms with Crippen molar-refractivity contribution in [2.24, 2.45) is 0 Å². The molecule has 0 radical (unpaired) electrons. The van der Waals surface area contributed by atoms with Gasteiger partial charge < -0.3 is 9.63 Å². The molecule has 0 saturated heterocycles. The predicted molar refractivity (Wildman–Crippen MR) is 65.4 cm³/mol. The third-order valence-corrected chi connectivity index (χ3v) is 2.92. The van der Waals surface area contributed by atoms with Crippen molar-refractivity contribution in [2.75, 3.05) is 0 Å². The molecule has 4 nitrogen and oxygen atoms in total. The summed E-state index contributed by atoms with van der Waals surface area (Å²) in [5, 5.41) is 12.4. The molecule has 0 fully saturated rings. The number of aromatic carboxylic acids is 1. The summed E-state index contributed by atoms with van der Waals surface area (Å²) in [6.45, 7) is 0.